The van der Waals surface area contributed by atoms with E-state index in [-0.39, 0.29) is 23.8 Å². The Morgan fingerprint density at radius 1 is 1.28 bits per heavy atom. The van der Waals surface area contributed by atoms with Crippen molar-refractivity contribution in [1.82, 2.24) is 9.80 Å². The lowest BCUT2D eigenvalue weighted by molar-refractivity contribution is -0.129. The molecule has 0 aliphatic rings. The molecule has 6 heteroatoms. The van der Waals surface area contributed by atoms with Crippen LogP contribution in [0, 0.1) is 0 Å². The maximum Gasteiger partial charge on any atom is 0.257 e. The van der Waals surface area contributed by atoms with Gasteiger partial charge in [-0.1, -0.05) is 15.9 Å². The van der Waals surface area contributed by atoms with Gasteiger partial charge < -0.3 is 14.9 Å². The minimum absolute atomic E-state index is 0.0265. The molecule has 1 aromatic rings. The van der Waals surface area contributed by atoms with Gasteiger partial charge >= 0.3 is 0 Å². The van der Waals surface area contributed by atoms with Gasteiger partial charge in [-0.05, 0) is 18.2 Å². The van der Waals surface area contributed by atoms with Crippen molar-refractivity contribution in [2.24, 2.45) is 0 Å². The lowest BCUT2D eigenvalue weighted by Gasteiger charge is -2.19. The van der Waals surface area contributed by atoms with Crippen LogP contribution in [-0.2, 0) is 4.79 Å². The van der Waals surface area contributed by atoms with Crippen LogP contribution >= 0.6 is 15.9 Å². The van der Waals surface area contributed by atoms with Gasteiger partial charge in [0.05, 0.1) is 12.1 Å². The van der Waals surface area contributed by atoms with Crippen LogP contribution in [0.4, 0.5) is 0 Å². The Balaban J connectivity index is 2.84. The molecule has 0 atom stereocenters. The molecule has 1 rings (SSSR count). The summed E-state index contributed by atoms with van der Waals surface area (Å²) in [6.45, 7) is -0.0265. The van der Waals surface area contributed by atoms with Gasteiger partial charge in [-0.25, -0.2) is 0 Å². The van der Waals surface area contributed by atoms with E-state index in [0.717, 1.165) is 0 Å². The van der Waals surface area contributed by atoms with E-state index in [9.17, 15) is 14.7 Å². The van der Waals surface area contributed by atoms with Crippen LogP contribution in [0.5, 0.6) is 5.75 Å². The molecule has 0 aliphatic carbocycles. The van der Waals surface area contributed by atoms with Crippen molar-refractivity contribution in [1.29, 1.82) is 0 Å². The minimum atomic E-state index is -0.393. The van der Waals surface area contributed by atoms with Crippen molar-refractivity contribution in [3.05, 3.63) is 28.2 Å². The number of aromatic hydroxyl groups is 1. The second-order valence-corrected chi connectivity index (χ2v) is 5.03. The third-order valence-electron chi connectivity index (χ3n) is 2.41. The van der Waals surface area contributed by atoms with Crippen molar-refractivity contribution in [2.45, 2.75) is 0 Å². The smallest absolute Gasteiger partial charge is 0.257 e. The number of phenolic OH excluding ortho intramolecular Hbond substituents is 1. The number of amides is 2. The highest BCUT2D eigenvalue weighted by atomic mass is 79.9. The average molecular weight is 315 g/mol. The quantitative estimate of drug-likeness (QED) is 0.915. The van der Waals surface area contributed by atoms with Gasteiger partial charge in [-0.15, -0.1) is 0 Å². The largest absolute Gasteiger partial charge is 0.507 e. The number of phenols is 1. The van der Waals surface area contributed by atoms with Gasteiger partial charge in [0.2, 0.25) is 5.91 Å². The van der Waals surface area contributed by atoms with Crippen LogP contribution in [0.15, 0.2) is 22.7 Å². The normalized spacial score (nSPS) is 10.0. The first-order valence-electron chi connectivity index (χ1n) is 5.27. The molecule has 5 nitrogen and oxygen atoms in total. The third-order valence-corrected chi connectivity index (χ3v) is 2.90. The number of likely N-dealkylation sites (N-methyl/N-ethyl adjacent to an activating group) is 2. The molecule has 98 valence electrons. The maximum absolute atomic E-state index is 12.0. The predicted octanol–water partition coefficient (Wildman–Crippen LogP) is 1.31. The highest BCUT2D eigenvalue weighted by Gasteiger charge is 2.18. The van der Waals surface area contributed by atoms with E-state index in [0.29, 0.717) is 4.47 Å². The summed E-state index contributed by atoms with van der Waals surface area (Å²) in [4.78, 5) is 26.2. The molecule has 0 saturated carbocycles. The zero-order valence-electron chi connectivity index (χ0n) is 10.5. The summed E-state index contributed by atoms with van der Waals surface area (Å²) in [5.41, 5.74) is 0.173. The van der Waals surface area contributed by atoms with Crippen LogP contribution in [0.3, 0.4) is 0 Å². The Morgan fingerprint density at radius 2 is 1.89 bits per heavy atom. The molecule has 0 spiro atoms. The molecule has 0 radical (unpaired) electrons. The van der Waals surface area contributed by atoms with Crippen molar-refractivity contribution in [3.63, 3.8) is 0 Å². The Labute approximate surface area is 114 Å². The molecule has 1 N–H and O–H groups in total. The lowest BCUT2D eigenvalue weighted by atomic mass is 10.2. The van der Waals surface area contributed by atoms with E-state index in [4.69, 9.17) is 0 Å². The summed E-state index contributed by atoms with van der Waals surface area (Å²) in [6.07, 6.45) is 0. The molecule has 0 aliphatic heterocycles. The topological polar surface area (TPSA) is 60.9 Å². The van der Waals surface area contributed by atoms with Gasteiger partial charge in [0.1, 0.15) is 5.75 Å². The highest BCUT2D eigenvalue weighted by Crippen LogP contribution is 2.23. The number of carbonyl (C=O) groups is 2. The van der Waals surface area contributed by atoms with Gasteiger partial charge in [0.25, 0.3) is 5.91 Å². The zero-order chi connectivity index (χ0) is 13.9. The molecular weight excluding hydrogens is 300 g/mol. The monoisotopic (exact) mass is 314 g/mol. The average Bonchev–Trinajstić information content (AvgIpc) is 2.27. The molecule has 1 aromatic carbocycles. The summed E-state index contributed by atoms with van der Waals surface area (Å²) in [6, 6.07) is 4.61. The third kappa shape index (κ3) is 3.46. The Bertz CT molecular complexity index is 474. The number of rotatable bonds is 3. The van der Waals surface area contributed by atoms with E-state index < -0.39 is 5.91 Å². The molecule has 0 saturated heterocycles. The fourth-order valence-corrected chi connectivity index (χ4v) is 1.66. The van der Waals surface area contributed by atoms with Crippen LogP contribution in [-0.4, -0.2) is 54.4 Å². The second-order valence-electron chi connectivity index (χ2n) is 4.11. The molecule has 0 heterocycles. The molecule has 0 unspecified atom stereocenters. The Hall–Kier alpha value is -1.56. The molecule has 2 amide bonds. The van der Waals surface area contributed by atoms with Crippen LogP contribution in [0.2, 0.25) is 0 Å². The van der Waals surface area contributed by atoms with E-state index in [1.165, 1.54) is 29.0 Å². The minimum Gasteiger partial charge on any atom is -0.507 e. The number of benzene rings is 1. The number of hydrogen-bond acceptors (Lipinski definition) is 3. The molecule has 18 heavy (non-hydrogen) atoms. The first-order valence-corrected chi connectivity index (χ1v) is 6.06. The molecule has 0 fully saturated rings. The van der Waals surface area contributed by atoms with E-state index in [1.54, 1.807) is 20.2 Å². The lowest BCUT2D eigenvalue weighted by Crippen LogP contribution is -2.37. The first-order chi connectivity index (χ1) is 8.32. The standard InChI is InChI=1S/C12H15BrN2O3/c1-14(2)11(17)7-15(3)12(18)9-5-4-8(13)6-10(9)16/h4-6,16H,7H2,1-3H3. The van der Waals surface area contributed by atoms with E-state index in [2.05, 4.69) is 15.9 Å². The number of hydrogen-bond donors (Lipinski definition) is 1. The highest BCUT2D eigenvalue weighted by molar-refractivity contribution is 9.10. The van der Waals surface area contributed by atoms with Gasteiger partial charge in [0, 0.05) is 25.6 Å². The molecule has 0 aromatic heterocycles. The molecule has 0 bridgehead atoms. The SMILES string of the molecule is CN(C)C(=O)CN(C)C(=O)c1ccc(Br)cc1O. The summed E-state index contributed by atoms with van der Waals surface area (Å²) in [5, 5.41) is 9.68. The fraction of sp³-hybridized carbons (Fsp3) is 0.333. The second kappa shape index (κ2) is 5.86. The van der Waals surface area contributed by atoms with Crippen molar-refractivity contribution >= 4 is 27.7 Å². The van der Waals surface area contributed by atoms with Gasteiger partial charge in [-0.2, -0.15) is 0 Å². The van der Waals surface area contributed by atoms with E-state index >= 15 is 0 Å². The predicted molar refractivity (Wildman–Crippen MR) is 71.5 cm³/mol. The van der Waals surface area contributed by atoms with Gasteiger partial charge in [0.15, 0.2) is 0 Å². The summed E-state index contributed by atoms with van der Waals surface area (Å²) >= 11 is 3.20. The van der Waals surface area contributed by atoms with Crippen molar-refractivity contribution < 1.29 is 14.7 Å². The van der Waals surface area contributed by atoms with Gasteiger partial charge in [-0.3, -0.25) is 9.59 Å². The number of carbonyl (C=O) groups excluding carboxylic acids is 2. The summed E-state index contributed by atoms with van der Waals surface area (Å²) in [7, 11) is 4.76. The maximum atomic E-state index is 12.0. The molecular formula is C12H15BrN2O3. The number of halogens is 1. The van der Waals surface area contributed by atoms with Crippen LogP contribution in [0.1, 0.15) is 10.4 Å². The Kier molecular flexibility index (Phi) is 4.72. The number of nitrogens with zero attached hydrogens (tertiary/aromatic N) is 2. The van der Waals surface area contributed by atoms with Crippen LogP contribution < -0.4 is 0 Å². The Morgan fingerprint density at radius 3 is 2.39 bits per heavy atom. The first kappa shape index (κ1) is 14.5. The summed E-state index contributed by atoms with van der Waals surface area (Å²) < 4.78 is 0.684. The van der Waals surface area contributed by atoms with Crippen molar-refractivity contribution in [2.75, 3.05) is 27.7 Å². The fourth-order valence-electron chi connectivity index (χ4n) is 1.31. The van der Waals surface area contributed by atoms with Crippen molar-refractivity contribution in [3.8, 4) is 5.75 Å². The zero-order valence-corrected chi connectivity index (χ0v) is 12.1. The van der Waals surface area contributed by atoms with E-state index in [1.807, 2.05) is 0 Å². The summed E-state index contributed by atoms with van der Waals surface area (Å²) in [5.74, 6) is -0.684. The van der Waals surface area contributed by atoms with Crippen LogP contribution in [0.25, 0.3) is 0 Å².